The highest BCUT2D eigenvalue weighted by atomic mass is 32.2. The second-order valence-corrected chi connectivity index (χ2v) is 7.64. The van der Waals surface area contributed by atoms with E-state index in [4.69, 9.17) is 0 Å². The van der Waals surface area contributed by atoms with Crippen LogP contribution in [-0.4, -0.2) is 22.0 Å². The summed E-state index contributed by atoms with van der Waals surface area (Å²) in [6.45, 7) is 7.64. The molecule has 1 aliphatic rings. The molecule has 0 saturated heterocycles. The average molecular weight is 293 g/mol. The molecule has 1 saturated carbocycles. The molecule has 0 amide bonds. The molecule has 3 heteroatoms. The van der Waals surface area contributed by atoms with Gasteiger partial charge in [-0.15, -0.1) is 0 Å². The number of hydrogen-bond donors (Lipinski definition) is 1. The third-order valence-corrected chi connectivity index (χ3v) is 6.47. The van der Waals surface area contributed by atoms with Crippen LogP contribution in [0.1, 0.15) is 44.2 Å². The third-order valence-electron chi connectivity index (χ3n) is 4.54. The summed E-state index contributed by atoms with van der Waals surface area (Å²) in [6.07, 6.45) is 3.44. The standard InChI is InChI=1S/C17H27NOS/c1-4-11-18-16-9-10-17(14(16)3)20(19)12-15-8-6-5-7-13(15)2/h5-8,14,16-18H,4,9-12H2,1-3H3. The van der Waals surface area contributed by atoms with E-state index in [1.807, 2.05) is 12.1 Å². The van der Waals surface area contributed by atoms with Gasteiger partial charge < -0.3 is 5.32 Å². The van der Waals surface area contributed by atoms with Crippen molar-refractivity contribution in [1.29, 1.82) is 0 Å². The lowest BCUT2D eigenvalue weighted by Gasteiger charge is -2.21. The van der Waals surface area contributed by atoms with E-state index in [0.29, 0.717) is 23.0 Å². The zero-order valence-corrected chi connectivity index (χ0v) is 13.7. The van der Waals surface area contributed by atoms with Crippen LogP contribution in [0.15, 0.2) is 24.3 Å². The molecule has 0 spiro atoms. The van der Waals surface area contributed by atoms with E-state index in [2.05, 4.69) is 38.2 Å². The minimum atomic E-state index is -0.753. The van der Waals surface area contributed by atoms with Gasteiger partial charge in [0.05, 0.1) is 0 Å². The molecule has 1 aromatic rings. The van der Waals surface area contributed by atoms with Crippen LogP contribution in [0.4, 0.5) is 0 Å². The number of hydrogen-bond acceptors (Lipinski definition) is 2. The lowest BCUT2D eigenvalue weighted by atomic mass is 10.1. The predicted molar refractivity (Wildman–Crippen MR) is 87.3 cm³/mol. The Kier molecular flexibility index (Phi) is 5.79. The van der Waals surface area contributed by atoms with Crippen LogP contribution < -0.4 is 5.32 Å². The maximum Gasteiger partial charge on any atom is 0.0491 e. The summed E-state index contributed by atoms with van der Waals surface area (Å²) in [7, 11) is -0.753. The Hall–Kier alpha value is -0.670. The van der Waals surface area contributed by atoms with Crippen molar-refractivity contribution in [1.82, 2.24) is 5.32 Å². The average Bonchev–Trinajstić information content (AvgIpc) is 2.80. The van der Waals surface area contributed by atoms with Gasteiger partial charge in [-0.25, -0.2) is 0 Å². The SMILES string of the molecule is CCCNC1CCC(S(=O)Cc2ccccc2C)C1C. The van der Waals surface area contributed by atoms with Gasteiger partial charge in [0, 0.05) is 27.8 Å². The fourth-order valence-corrected chi connectivity index (χ4v) is 5.06. The predicted octanol–water partition coefficient (Wildman–Crippen LogP) is 3.41. The largest absolute Gasteiger partial charge is 0.314 e. The minimum Gasteiger partial charge on any atom is -0.314 e. The molecule has 1 N–H and O–H groups in total. The summed E-state index contributed by atoms with van der Waals surface area (Å²) < 4.78 is 12.7. The van der Waals surface area contributed by atoms with Gasteiger partial charge in [-0.3, -0.25) is 4.21 Å². The van der Waals surface area contributed by atoms with Gasteiger partial charge in [-0.05, 0) is 49.8 Å². The van der Waals surface area contributed by atoms with Gasteiger partial charge in [0.1, 0.15) is 0 Å². The van der Waals surface area contributed by atoms with E-state index < -0.39 is 10.8 Å². The summed E-state index contributed by atoms with van der Waals surface area (Å²) in [5.74, 6) is 1.23. The van der Waals surface area contributed by atoms with E-state index >= 15 is 0 Å². The highest BCUT2D eigenvalue weighted by Gasteiger charge is 2.35. The minimum absolute atomic E-state index is 0.351. The summed E-state index contributed by atoms with van der Waals surface area (Å²) in [5.41, 5.74) is 2.50. The van der Waals surface area contributed by atoms with Crippen LogP contribution in [0.25, 0.3) is 0 Å². The Morgan fingerprint density at radius 3 is 2.75 bits per heavy atom. The van der Waals surface area contributed by atoms with Crippen molar-refractivity contribution >= 4 is 10.8 Å². The number of rotatable bonds is 6. The first-order chi connectivity index (χ1) is 9.63. The van der Waals surface area contributed by atoms with Crippen molar-refractivity contribution in [2.24, 2.45) is 5.92 Å². The first-order valence-corrected chi connectivity index (χ1v) is 9.16. The molecule has 4 unspecified atom stereocenters. The van der Waals surface area contributed by atoms with Gasteiger partial charge in [-0.1, -0.05) is 38.1 Å². The third kappa shape index (κ3) is 3.70. The monoisotopic (exact) mass is 293 g/mol. The van der Waals surface area contributed by atoms with Crippen LogP contribution in [0.2, 0.25) is 0 Å². The summed E-state index contributed by atoms with van der Waals surface area (Å²) >= 11 is 0. The van der Waals surface area contributed by atoms with Crippen LogP contribution in [0.5, 0.6) is 0 Å². The molecule has 2 rings (SSSR count). The topological polar surface area (TPSA) is 29.1 Å². The van der Waals surface area contributed by atoms with Gasteiger partial charge >= 0.3 is 0 Å². The van der Waals surface area contributed by atoms with E-state index in [1.165, 1.54) is 24.0 Å². The van der Waals surface area contributed by atoms with Crippen molar-refractivity contribution < 1.29 is 4.21 Å². The second-order valence-electron chi connectivity index (χ2n) is 5.99. The normalized spacial score (nSPS) is 27.6. The first-order valence-electron chi connectivity index (χ1n) is 7.78. The molecule has 0 aromatic heterocycles. The zero-order valence-electron chi connectivity index (χ0n) is 12.9. The first kappa shape index (κ1) is 15.7. The van der Waals surface area contributed by atoms with Crippen molar-refractivity contribution in [2.45, 2.75) is 57.1 Å². The molecule has 0 radical (unpaired) electrons. The molecule has 0 bridgehead atoms. The Labute approximate surface area is 125 Å². The molecule has 1 fully saturated rings. The van der Waals surface area contributed by atoms with E-state index in [-0.39, 0.29) is 0 Å². The van der Waals surface area contributed by atoms with Crippen molar-refractivity contribution in [3.05, 3.63) is 35.4 Å². The molecule has 2 nitrogen and oxygen atoms in total. The highest BCUT2D eigenvalue weighted by molar-refractivity contribution is 7.84. The second kappa shape index (κ2) is 7.37. The maximum atomic E-state index is 12.7. The summed E-state index contributed by atoms with van der Waals surface area (Å²) in [4.78, 5) is 0. The van der Waals surface area contributed by atoms with Gasteiger partial charge in [0.2, 0.25) is 0 Å². The van der Waals surface area contributed by atoms with E-state index in [0.717, 1.165) is 13.0 Å². The highest BCUT2D eigenvalue weighted by Crippen LogP contribution is 2.31. The smallest absolute Gasteiger partial charge is 0.0491 e. The lowest BCUT2D eigenvalue weighted by Crippen LogP contribution is -2.35. The van der Waals surface area contributed by atoms with Crippen LogP contribution in [0.3, 0.4) is 0 Å². The van der Waals surface area contributed by atoms with Gasteiger partial charge in [-0.2, -0.15) is 0 Å². The lowest BCUT2D eigenvalue weighted by molar-refractivity contribution is 0.429. The molecule has 4 atom stereocenters. The van der Waals surface area contributed by atoms with Gasteiger partial charge in [0.25, 0.3) is 0 Å². The number of aryl methyl sites for hydroxylation is 1. The zero-order chi connectivity index (χ0) is 14.5. The molecule has 112 valence electrons. The summed E-state index contributed by atoms with van der Waals surface area (Å²) in [6, 6.07) is 8.87. The van der Waals surface area contributed by atoms with Crippen LogP contribution in [0, 0.1) is 12.8 Å². The number of benzene rings is 1. The van der Waals surface area contributed by atoms with E-state index in [9.17, 15) is 4.21 Å². The Morgan fingerprint density at radius 1 is 1.30 bits per heavy atom. The summed E-state index contributed by atoms with van der Waals surface area (Å²) in [5, 5.41) is 3.96. The molecule has 0 aliphatic heterocycles. The maximum absolute atomic E-state index is 12.7. The fraction of sp³-hybridized carbons (Fsp3) is 0.647. The van der Waals surface area contributed by atoms with Crippen LogP contribution in [-0.2, 0) is 16.6 Å². The molecular formula is C17H27NOS. The van der Waals surface area contributed by atoms with Gasteiger partial charge in [0.15, 0.2) is 0 Å². The molecule has 20 heavy (non-hydrogen) atoms. The molecular weight excluding hydrogens is 266 g/mol. The molecule has 1 aromatic carbocycles. The fourth-order valence-electron chi connectivity index (χ4n) is 3.15. The quantitative estimate of drug-likeness (QED) is 0.871. The Balaban J connectivity index is 1.95. The Morgan fingerprint density at radius 2 is 2.05 bits per heavy atom. The van der Waals surface area contributed by atoms with Crippen molar-refractivity contribution in [3.63, 3.8) is 0 Å². The molecule has 1 aliphatic carbocycles. The van der Waals surface area contributed by atoms with E-state index in [1.54, 1.807) is 0 Å². The van der Waals surface area contributed by atoms with Crippen LogP contribution >= 0.6 is 0 Å². The Bertz CT molecular complexity index is 460. The number of nitrogens with one attached hydrogen (secondary N) is 1. The van der Waals surface area contributed by atoms with Crippen molar-refractivity contribution in [3.8, 4) is 0 Å². The molecule has 0 heterocycles. The van der Waals surface area contributed by atoms with Crippen molar-refractivity contribution in [2.75, 3.05) is 6.54 Å².